The number of aromatic nitrogens is 3. The van der Waals surface area contributed by atoms with Crippen molar-refractivity contribution in [2.24, 2.45) is 0 Å². The fourth-order valence-corrected chi connectivity index (χ4v) is 1.83. The molecule has 0 bridgehead atoms. The molecule has 3 heteroatoms. The minimum Gasteiger partial charge on any atom is -0.300 e. The van der Waals surface area contributed by atoms with E-state index in [4.69, 9.17) is 0 Å². The van der Waals surface area contributed by atoms with Gasteiger partial charge in [0, 0.05) is 24.2 Å². The summed E-state index contributed by atoms with van der Waals surface area (Å²) in [5.74, 6) is 0.956. The summed E-state index contributed by atoms with van der Waals surface area (Å²) in [5.41, 5.74) is 3.44. The third-order valence-electron chi connectivity index (χ3n) is 2.63. The van der Waals surface area contributed by atoms with Crippen LogP contribution in [0.15, 0.2) is 49.1 Å². The van der Waals surface area contributed by atoms with Gasteiger partial charge in [-0.15, -0.1) is 0 Å². The van der Waals surface area contributed by atoms with Gasteiger partial charge in [-0.1, -0.05) is 0 Å². The van der Waals surface area contributed by atoms with Crippen LogP contribution in [0.1, 0.15) is 5.56 Å². The fraction of sp³-hybridized carbons (Fsp3) is 0.0769. The second kappa shape index (κ2) is 3.45. The smallest absolute Gasteiger partial charge is 0.144 e. The first kappa shape index (κ1) is 9.09. The molecule has 3 rings (SSSR count). The van der Waals surface area contributed by atoms with Gasteiger partial charge >= 0.3 is 0 Å². The number of hydrogen-bond donors (Lipinski definition) is 0. The van der Waals surface area contributed by atoms with Gasteiger partial charge in [-0.05, 0) is 36.8 Å². The minimum absolute atomic E-state index is 0.956. The quantitative estimate of drug-likeness (QED) is 0.616. The van der Waals surface area contributed by atoms with Gasteiger partial charge in [-0.2, -0.15) is 0 Å². The fourth-order valence-electron chi connectivity index (χ4n) is 1.83. The van der Waals surface area contributed by atoms with Gasteiger partial charge in [0.15, 0.2) is 0 Å². The second-order valence-corrected chi connectivity index (χ2v) is 3.82. The van der Waals surface area contributed by atoms with Crippen LogP contribution >= 0.6 is 0 Å². The Morgan fingerprint density at radius 1 is 1.12 bits per heavy atom. The third kappa shape index (κ3) is 1.37. The molecule has 78 valence electrons. The van der Waals surface area contributed by atoms with Gasteiger partial charge in [-0.3, -0.25) is 9.38 Å². The molecule has 0 unspecified atom stereocenters. The summed E-state index contributed by atoms with van der Waals surface area (Å²) in [5, 5.41) is 0. The molecule has 3 aromatic heterocycles. The highest BCUT2D eigenvalue weighted by Gasteiger charge is 2.05. The minimum atomic E-state index is 0.956. The third-order valence-corrected chi connectivity index (χ3v) is 2.63. The molecule has 0 spiro atoms. The Balaban J connectivity index is 2.26. The standard InChI is InChI=1S/C13H11N3/c1-10-4-7-16-12(8-10)9-15-13(16)11-2-5-14-6-3-11/h2-9H,1H3. The lowest BCUT2D eigenvalue weighted by atomic mass is 10.2. The first-order valence-electron chi connectivity index (χ1n) is 5.19. The summed E-state index contributed by atoms with van der Waals surface area (Å²) in [6.45, 7) is 2.08. The molecule has 0 saturated carbocycles. The number of fused-ring (bicyclic) bond motifs is 1. The summed E-state index contributed by atoms with van der Waals surface area (Å²) >= 11 is 0. The summed E-state index contributed by atoms with van der Waals surface area (Å²) in [4.78, 5) is 8.45. The predicted octanol–water partition coefficient (Wildman–Crippen LogP) is 2.70. The lowest BCUT2D eigenvalue weighted by Gasteiger charge is -2.01. The normalized spacial score (nSPS) is 10.8. The number of hydrogen-bond acceptors (Lipinski definition) is 2. The number of aryl methyl sites for hydroxylation is 1. The van der Waals surface area contributed by atoms with Crippen molar-refractivity contribution in [2.45, 2.75) is 6.92 Å². The van der Waals surface area contributed by atoms with Crippen molar-refractivity contribution in [3.05, 3.63) is 54.6 Å². The van der Waals surface area contributed by atoms with Crippen molar-refractivity contribution in [3.63, 3.8) is 0 Å². The molecule has 0 atom stereocenters. The van der Waals surface area contributed by atoms with Gasteiger partial charge in [0.2, 0.25) is 0 Å². The highest BCUT2D eigenvalue weighted by atomic mass is 15.0. The van der Waals surface area contributed by atoms with Crippen LogP contribution in [-0.2, 0) is 0 Å². The van der Waals surface area contributed by atoms with Gasteiger partial charge in [0.1, 0.15) is 5.82 Å². The van der Waals surface area contributed by atoms with E-state index >= 15 is 0 Å². The maximum Gasteiger partial charge on any atom is 0.144 e. The van der Waals surface area contributed by atoms with Gasteiger partial charge in [0.25, 0.3) is 0 Å². The van der Waals surface area contributed by atoms with Gasteiger partial charge in [0.05, 0.1) is 11.7 Å². The van der Waals surface area contributed by atoms with E-state index in [-0.39, 0.29) is 0 Å². The zero-order valence-corrected chi connectivity index (χ0v) is 8.96. The van der Waals surface area contributed by atoms with Crippen LogP contribution in [0, 0.1) is 6.92 Å². The maximum atomic E-state index is 4.44. The zero-order chi connectivity index (χ0) is 11.0. The topological polar surface area (TPSA) is 30.2 Å². The Morgan fingerprint density at radius 3 is 2.75 bits per heavy atom. The van der Waals surface area contributed by atoms with Crippen LogP contribution in [0.3, 0.4) is 0 Å². The maximum absolute atomic E-state index is 4.44. The van der Waals surface area contributed by atoms with E-state index in [2.05, 4.69) is 33.4 Å². The van der Waals surface area contributed by atoms with E-state index in [0.717, 1.165) is 16.9 Å². The molecule has 0 aliphatic rings. The van der Waals surface area contributed by atoms with E-state index in [1.807, 2.05) is 24.5 Å². The molecule has 3 nitrogen and oxygen atoms in total. The molecule has 0 aliphatic carbocycles. The lowest BCUT2D eigenvalue weighted by molar-refractivity contribution is 1.15. The molecule has 0 radical (unpaired) electrons. The summed E-state index contributed by atoms with van der Waals surface area (Å²) in [6, 6.07) is 8.14. The van der Waals surface area contributed by atoms with Crippen molar-refractivity contribution in [1.29, 1.82) is 0 Å². The first-order valence-corrected chi connectivity index (χ1v) is 5.19. The number of nitrogens with zero attached hydrogens (tertiary/aromatic N) is 3. The molecule has 3 heterocycles. The van der Waals surface area contributed by atoms with Gasteiger partial charge < -0.3 is 0 Å². The molecule has 3 aromatic rings. The Kier molecular flexibility index (Phi) is 1.96. The highest BCUT2D eigenvalue weighted by Crippen LogP contribution is 2.19. The molecule has 0 aromatic carbocycles. The molecular formula is C13H11N3. The largest absolute Gasteiger partial charge is 0.300 e. The van der Waals surface area contributed by atoms with E-state index < -0.39 is 0 Å². The van der Waals surface area contributed by atoms with Crippen molar-refractivity contribution < 1.29 is 0 Å². The zero-order valence-electron chi connectivity index (χ0n) is 8.96. The van der Waals surface area contributed by atoms with Crippen LogP contribution in [-0.4, -0.2) is 14.4 Å². The van der Waals surface area contributed by atoms with Crippen LogP contribution in [0.25, 0.3) is 16.9 Å². The van der Waals surface area contributed by atoms with E-state index in [9.17, 15) is 0 Å². The van der Waals surface area contributed by atoms with Crippen LogP contribution < -0.4 is 0 Å². The summed E-state index contributed by atoms with van der Waals surface area (Å²) < 4.78 is 2.09. The summed E-state index contributed by atoms with van der Waals surface area (Å²) in [6.07, 6.45) is 7.51. The SMILES string of the molecule is Cc1ccn2c(-c3ccncc3)ncc2c1. The van der Waals surface area contributed by atoms with E-state index in [1.165, 1.54) is 5.56 Å². The Morgan fingerprint density at radius 2 is 1.94 bits per heavy atom. The van der Waals surface area contributed by atoms with Crippen molar-refractivity contribution in [1.82, 2.24) is 14.4 Å². The average molecular weight is 209 g/mol. The van der Waals surface area contributed by atoms with E-state index in [0.29, 0.717) is 0 Å². The Hall–Kier alpha value is -2.16. The van der Waals surface area contributed by atoms with Crippen LogP contribution in [0.2, 0.25) is 0 Å². The number of rotatable bonds is 1. The summed E-state index contributed by atoms with van der Waals surface area (Å²) in [7, 11) is 0. The lowest BCUT2D eigenvalue weighted by Crippen LogP contribution is -1.89. The molecule has 0 saturated heterocycles. The Labute approximate surface area is 93.4 Å². The van der Waals surface area contributed by atoms with E-state index in [1.54, 1.807) is 12.4 Å². The first-order chi connectivity index (χ1) is 7.84. The van der Waals surface area contributed by atoms with Crippen molar-refractivity contribution >= 4 is 5.52 Å². The molecule has 16 heavy (non-hydrogen) atoms. The number of imidazole rings is 1. The number of pyridine rings is 2. The van der Waals surface area contributed by atoms with Crippen molar-refractivity contribution in [3.8, 4) is 11.4 Å². The monoisotopic (exact) mass is 209 g/mol. The van der Waals surface area contributed by atoms with Crippen molar-refractivity contribution in [2.75, 3.05) is 0 Å². The van der Waals surface area contributed by atoms with Crippen LogP contribution in [0.4, 0.5) is 0 Å². The molecule has 0 fully saturated rings. The second-order valence-electron chi connectivity index (χ2n) is 3.82. The molecule has 0 aliphatic heterocycles. The van der Waals surface area contributed by atoms with Gasteiger partial charge in [-0.25, -0.2) is 4.98 Å². The Bertz CT molecular complexity index is 626. The van der Waals surface area contributed by atoms with Crippen LogP contribution in [0.5, 0.6) is 0 Å². The molecule has 0 amide bonds. The predicted molar refractivity (Wildman–Crippen MR) is 63.2 cm³/mol. The molecular weight excluding hydrogens is 198 g/mol. The highest BCUT2D eigenvalue weighted by molar-refractivity contribution is 5.62. The average Bonchev–Trinajstić information content (AvgIpc) is 2.73. The molecule has 0 N–H and O–H groups in total.